The summed E-state index contributed by atoms with van der Waals surface area (Å²) in [4.78, 5) is 13.3. The van der Waals surface area contributed by atoms with Crippen LogP contribution in [0.1, 0.15) is 6.92 Å². The maximum absolute atomic E-state index is 12.4. The van der Waals surface area contributed by atoms with Gasteiger partial charge in [-0.25, -0.2) is 13.1 Å². The van der Waals surface area contributed by atoms with E-state index in [0.717, 1.165) is 9.79 Å². The molecule has 1 amide bonds. The fourth-order valence-electron chi connectivity index (χ4n) is 2.09. The van der Waals surface area contributed by atoms with Crippen molar-refractivity contribution in [1.82, 2.24) is 4.72 Å². The lowest BCUT2D eigenvalue weighted by Crippen LogP contribution is -2.26. The van der Waals surface area contributed by atoms with E-state index in [1.165, 1.54) is 24.8 Å². The van der Waals surface area contributed by atoms with Gasteiger partial charge >= 0.3 is 0 Å². The first kappa shape index (κ1) is 19.8. The van der Waals surface area contributed by atoms with Gasteiger partial charge in [0.25, 0.3) is 0 Å². The third-order valence-electron chi connectivity index (χ3n) is 3.20. The minimum absolute atomic E-state index is 0.138. The van der Waals surface area contributed by atoms with Crippen molar-refractivity contribution < 1.29 is 13.2 Å². The predicted octanol–water partition coefficient (Wildman–Crippen LogP) is 3.44. The molecule has 0 saturated heterocycles. The summed E-state index contributed by atoms with van der Waals surface area (Å²) in [5.74, 6) is 0.391. The third kappa shape index (κ3) is 6.07. The van der Waals surface area contributed by atoms with Crippen LogP contribution in [-0.4, -0.2) is 32.9 Å². The van der Waals surface area contributed by atoms with E-state index in [0.29, 0.717) is 18.0 Å². The molecule has 0 atom stereocenters. The van der Waals surface area contributed by atoms with Gasteiger partial charge in [0, 0.05) is 29.0 Å². The summed E-state index contributed by atoms with van der Waals surface area (Å²) < 4.78 is 27.5. The first-order valence-electron chi connectivity index (χ1n) is 7.55. The van der Waals surface area contributed by atoms with Gasteiger partial charge in [-0.2, -0.15) is 0 Å². The molecule has 0 aliphatic heterocycles. The van der Waals surface area contributed by atoms with E-state index < -0.39 is 10.0 Å². The first-order valence-corrected chi connectivity index (χ1v) is 11.2. The van der Waals surface area contributed by atoms with Crippen molar-refractivity contribution in [2.24, 2.45) is 0 Å². The van der Waals surface area contributed by atoms with E-state index in [2.05, 4.69) is 10.0 Å². The zero-order valence-corrected chi connectivity index (χ0v) is 16.4. The Hall–Kier alpha value is -1.48. The zero-order chi connectivity index (χ0) is 18.3. The minimum atomic E-state index is -3.62. The predicted molar refractivity (Wildman–Crippen MR) is 105 cm³/mol. The molecule has 0 spiro atoms. The highest BCUT2D eigenvalue weighted by molar-refractivity contribution is 7.99. The van der Waals surface area contributed by atoms with Gasteiger partial charge in [-0.1, -0.05) is 18.2 Å². The van der Waals surface area contributed by atoms with Crippen LogP contribution in [0.15, 0.2) is 63.2 Å². The fraction of sp³-hybridized carbons (Fsp3) is 0.235. The van der Waals surface area contributed by atoms with Crippen LogP contribution in [-0.2, 0) is 14.8 Å². The summed E-state index contributed by atoms with van der Waals surface area (Å²) in [5.41, 5.74) is 0.501. The number of carbonyl (C=O) groups excluding carboxylic acids is 1. The smallest absolute Gasteiger partial charge is 0.240 e. The van der Waals surface area contributed by atoms with Crippen LogP contribution in [0, 0.1) is 0 Å². The lowest BCUT2D eigenvalue weighted by atomic mass is 10.3. The van der Waals surface area contributed by atoms with E-state index in [4.69, 9.17) is 0 Å². The monoisotopic (exact) mass is 396 g/mol. The highest BCUT2D eigenvalue weighted by Crippen LogP contribution is 2.28. The van der Waals surface area contributed by atoms with E-state index in [1.807, 2.05) is 36.6 Å². The van der Waals surface area contributed by atoms with E-state index in [9.17, 15) is 13.2 Å². The average molecular weight is 397 g/mol. The van der Waals surface area contributed by atoms with Crippen LogP contribution in [0.3, 0.4) is 0 Å². The number of nitrogens with one attached hydrogen (secondary N) is 2. The number of anilines is 1. The molecule has 0 radical (unpaired) electrons. The summed E-state index contributed by atoms with van der Waals surface area (Å²) in [7, 11) is -3.62. The SMILES string of the molecule is CSc1ccc(S(=O)(=O)NCCSc2ccccc2)cc1NC(C)=O. The van der Waals surface area contributed by atoms with Crippen molar-refractivity contribution in [2.75, 3.05) is 23.9 Å². The summed E-state index contributed by atoms with van der Waals surface area (Å²) in [6.45, 7) is 1.71. The molecule has 2 aromatic rings. The molecule has 0 unspecified atom stereocenters. The summed E-state index contributed by atoms with van der Waals surface area (Å²) >= 11 is 3.03. The standard InChI is InChI=1S/C17H20N2O3S3/c1-13(20)19-16-12-15(8-9-17(16)23-2)25(21,22)18-10-11-24-14-6-4-3-5-7-14/h3-9,12,18H,10-11H2,1-2H3,(H,19,20). The second kappa shape index (κ2) is 9.28. The van der Waals surface area contributed by atoms with Crippen molar-refractivity contribution in [1.29, 1.82) is 0 Å². The Morgan fingerprint density at radius 3 is 2.48 bits per heavy atom. The lowest BCUT2D eigenvalue weighted by Gasteiger charge is -2.12. The average Bonchev–Trinajstić information content (AvgIpc) is 2.59. The second-order valence-corrected chi connectivity index (χ2v) is 8.89. The minimum Gasteiger partial charge on any atom is -0.325 e. The molecule has 25 heavy (non-hydrogen) atoms. The van der Waals surface area contributed by atoms with Crippen LogP contribution in [0.4, 0.5) is 5.69 Å². The third-order valence-corrected chi connectivity index (χ3v) is 6.47. The summed E-state index contributed by atoms with van der Waals surface area (Å²) in [5, 5.41) is 2.67. The molecule has 0 aliphatic carbocycles. The Morgan fingerprint density at radius 2 is 1.84 bits per heavy atom. The van der Waals surface area contributed by atoms with Gasteiger partial charge in [-0.3, -0.25) is 4.79 Å². The first-order chi connectivity index (χ1) is 11.9. The largest absolute Gasteiger partial charge is 0.325 e. The number of amides is 1. The molecular formula is C17H20N2O3S3. The summed E-state index contributed by atoms with van der Waals surface area (Å²) in [6, 6.07) is 14.5. The van der Waals surface area contributed by atoms with E-state index in [1.54, 1.807) is 23.9 Å². The van der Waals surface area contributed by atoms with Gasteiger partial charge < -0.3 is 5.32 Å². The normalized spacial score (nSPS) is 11.3. The zero-order valence-electron chi connectivity index (χ0n) is 14.0. The molecule has 2 aromatic carbocycles. The molecule has 134 valence electrons. The topological polar surface area (TPSA) is 75.3 Å². The van der Waals surface area contributed by atoms with Crippen molar-refractivity contribution in [3.8, 4) is 0 Å². The number of hydrogen-bond donors (Lipinski definition) is 2. The molecule has 2 N–H and O–H groups in total. The number of benzene rings is 2. The Balaban J connectivity index is 2.02. The molecule has 0 fully saturated rings. The second-order valence-electron chi connectivity index (χ2n) is 5.10. The van der Waals surface area contributed by atoms with Gasteiger partial charge in [0.15, 0.2) is 0 Å². The Labute approximate surface area is 157 Å². The Bertz CT molecular complexity index is 824. The van der Waals surface area contributed by atoms with Gasteiger partial charge in [0.05, 0.1) is 10.6 Å². The molecule has 0 heterocycles. The quantitative estimate of drug-likeness (QED) is 0.528. The molecule has 2 rings (SSSR count). The Kier molecular flexibility index (Phi) is 7.37. The number of thioether (sulfide) groups is 2. The Morgan fingerprint density at radius 1 is 1.12 bits per heavy atom. The van der Waals surface area contributed by atoms with Crippen LogP contribution in [0.5, 0.6) is 0 Å². The maximum atomic E-state index is 12.4. The highest BCUT2D eigenvalue weighted by Gasteiger charge is 2.16. The van der Waals surface area contributed by atoms with E-state index >= 15 is 0 Å². The van der Waals surface area contributed by atoms with Gasteiger partial charge in [-0.05, 0) is 36.6 Å². The molecule has 0 bridgehead atoms. The van der Waals surface area contributed by atoms with Gasteiger partial charge in [0.1, 0.15) is 0 Å². The summed E-state index contributed by atoms with van der Waals surface area (Å²) in [6.07, 6.45) is 1.87. The maximum Gasteiger partial charge on any atom is 0.240 e. The number of rotatable bonds is 8. The molecule has 0 saturated carbocycles. The number of carbonyl (C=O) groups is 1. The molecule has 0 aromatic heterocycles. The fourth-order valence-corrected chi connectivity index (χ4v) is 4.60. The van der Waals surface area contributed by atoms with Crippen molar-refractivity contribution in [2.45, 2.75) is 21.6 Å². The molecule has 5 nitrogen and oxygen atoms in total. The molecule has 0 aliphatic rings. The van der Waals surface area contributed by atoms with Crippen LogP contribution in [0.2, 0.25) is 0 Å². The van der Waals surface area contributed by atoms with Gasteiger partial charge in [-0.15, -0.1) is 23.5 Å². The van der Waals surface area contributed by atoms with Crippen molar-refractivity contribution >= 4 is 45.1 Å². The number of sulfonamides is 1. The van der Waals surface area contributed by atoms with E-state index in [-0.39, 0.29) is 10.8 Å². The molecular weight excluding hydrogens is 376 g/mol. The lowest BCUT2D eigenvalue weighted by molar-refractivity contribution is -0.114. The van der Waals surface area contributed by atoms with Crippen LogP contribution >= 0.6 is 23.5 Å². The molecule has 8 heteroatoms. The van der Waals surface area contributed by atoms with Gasteiger partial charge in [0.2, 0.25) is 15.9 Å². The van der Waals surface area contributed by atoms with Crippen molar-refractivity contribution in [3.05, 3.63) is 48.5 Å². The van der Waals surface area contributed by atoms with Crippen LogP contribution in [0.25, 0.3) is 0 Å². The highest BCUT2D eigenvalue weighted by atomic mass is 32.2. The van der Waals surface area contributed by atoms with Crippen molar-refractivity contribution in [3.63, 3.8) is 0 Å². The number of hydrogen-bond acceptors (Lipinski definition) is 5. The van der Waals surface area contributed by atoms with Crippen LogP contribution < -0.4 is 10.0 Å².